The highest BCUT2D eigenvalue weighted by Gasteiger charge is 2.28. The Labute approximate surface area is 138 Å². The van der Waals surface area contributed by atoms with Crippen LogP contribution in [0.15, 0.2) is 30.6 Å². The SMILES string of the molecule is COc1ccc(CN2CC(=O)Nc3nccnc3C2=O)c(OC)c1. The van der Waals surface area contributed by atoms with E-state index in [0.29, 0.717) is 11.5 Å². The number of nitrogens with one attached hydrogen (secondary N) is 1. The van der Waals surface area contributed by atoms with Gasteiger partial charge in [-0.15, -0.1) is 0 Å². The second kappa shape index (κ2) is 6.53. The van der Waals surface area contributed by atoms with E-state index in [9.17, 15) is 9.59 Å². The van der Waals surface area contributed by atoms with Gasteiger partial charge in [0.25, 0.3) is 5.91 Å². The first-order valence-corrected chi connectivity index (χ1v) is 7.23. The zero-order chi connectivity index (χ0) is 17.1. The molecule has 0 aliphatic carbocycles. The van der Waals surface area contributed by atoms with Crippen molar-refractivity contribution in [2.75, 3.05) is 26.1 Å². The van der Waals surface area contributed by atoms with Crippen LogP contribution in [-0.2, 0) is 11.3 Å². The van der Waals surface area contributed by atoms with Crippen molar-refractivity contribution in [1.29, 1.82) is 0 Å². The molecule has 1 aliphatic rings. The predicted molar refractivity (Wildman–Crippen MR) is 84.9 cm³/mol. The molecule has 0 bridgehead atoms. The molecule has 2 amide bonds. The monoisotopic (exact) mass is 328 g/mol. The van der Waals surface area contributed by atoms with E-state index in [1.807, 2.05) is 0 Å². The lowest BCUT2D eigenvalue weighted by Gasteiger charge is -2.20. The van der Waals surface area contributed by atoms with Crippen molar-refractivity contribution in [3.8, 4) is 11.5 Å². The molecule has 3 rings (SSSR count). The normalized spacial score (nSPS) is 13.8. The van der Waals surface area contributed by atoms with Gasteiger partial charge in [0.2, 0.25) is 5.91 Å². The first-order chi connectivity index (χ1) is 11.6. The smallest absolute Gasteiger partial charge is 0.277 e. The lowest BCUT2D eigenvalue weighted by atomic mass is 10.1. The Hall–Kier alpha value is -3.16. The summed E-state index contributed by atoms with van der Waals surface area (Å²) in [5.41, 5.74) is 0.877. The molecule has 1 aliphatic heterocycles. The number of rotatable bonds is 4. The third-order valence-corrected chi connectivity index (χ3v) is 3.64. The van der Waals surface area contributed by atoms with Gasteiger partial charge in [-0.05, 0) is 12.1 Å². The van der Waals surface area contributed by atoms with Gasteiger partial charge >= 0.3 is 0 Å². The van der Waals surface area contributed by atoms with E-state index in [0.717, 1.165) is 5.56 Å². The molecule has 0 saturated carbocycles. The molecule has 8 nitrogen and oxygen atoms in total. The van der Waals surface area contributed by atoms with Crippen LogP contribution in [0.4, 0.5) is 5.82 Å². The molecule has 1 aromatic heterocycles. The second-order valence-corrected chi connectivity index (χ2v) is 5.14. The van der Waals surface area contributed by atoms with Gasteiger partial charge in [0.1, 0.15) is 18.0 Å². The Morgan fingerprint density at radius 1 is 1.17 bits per heavy atom. The van der Waals surface area contributed by atoms with Gasteiger partial charge < -0.3 is 19.7 Å². The third-order valence-electron chi connectivity index (χ3n) is 3.64. The summed E-state index contributed by atoms with van der Waals surface area (Å²) >= 11 is 0. The maximum absolute atomic E-state index is 12.7. The Morgan fingerprint density at radius 2 is 1.96 bits per heavy atom. The average Bonchev–Trinajstić information content (AvgIpc) is 2.72. The first kappa shape index (κ1) is 15.7. The minimum absolute atomic E-state index is 0.0912. The highest BCUT2D eigenvalue weighted by Crippen LogP contribution is 2.27. The number of fused-ring (bicyclic) bond motifs is 1. The Balaban J connectivity index is 1.92. The van der Waals surface area contributed by atoms with Crippen LogP contribution in [0, 0.1) is 0 Å². The van der Waals surface area contributed by atoms with Crippen molar-refractivity contribution >= 4 is 17.6 Å². The molecule has 2 heterocycles. The van der Waals surface area contributed by atoms with E-state index in [-0.39, 0.29) is 36.4 Å². The first-order valence-electron chi connectivity index (χ1n) is 7.23. The van der Waals surface area contributed by atoms with Gasteiger partial charge in [0.15, 0.2) is 11.5 Å². The topological polar surface area (TPSA) is 93.6 Å². The number of amides is 2. The zero-order valence-electron chi connectivity index (χ0n) is 13.3. The van der Waals surface area contributed by atoms with E-state index in [4.69, 9.17) is 9.47 Å². The summed E-state index contributed by atoms with van der Waals surface area (Å²) in [4.78, 5) is 34.1. The van der Waals surface area contributed by atoms with Crippen molar-refractivity contribution in [3.63, 3.8) is 0 Å². The quantitative estimate of drug-likeness (QED) is 0.903. The lowest BCUT2D eigenvalue weighted by molar-refractivity contribution is -0.116. The summed E-state index contributed by atoms with van der Waals surface area (Å²) in [7, 11) is 3.10. The largest absolute Gasteiger partial charge is 0.497 e. The fraction of sp³-hybridized carbons (Fsp3) is 0.250. The van der Waals surface area contributed by atoms with E-state index >= 15 is 0 Å². The highest BCUT2D eigenvalue weighted by atomic mass is 16.5. The highest BCUT2D eigenvalue weighted by molar-refractivity contribution is 6.06. The van der Waals surface area contributed by atoms with Gasteiger partial charge in [-0.1, -0.05) is 0 Å². The van der Waals surface area contributed by atoms with Gasteiger partial charge in [-0.25, -0.2) is 9.97 Å². The minimum atomic E-state index is -0.366. The summed E-state index contributed by atoms with van der Waals surface area (Å²) in [6.07, 6.45) is 2.84. The van der Waals surface area contributed by atoms with Crippen LogP contribution in [0.5, 0.6) is 11.5 Å². The molecule has 2 aromatic rings. The Morgan fingerprint density at radius 3 is 2.71 bits per heavy atom. The average molecular weight is 328 g/mol. The van der Waals surface area contributed by atoms with Crippen LogP contribution < -0.4 is 14.8 Å². The molecule has 8 heteroatoms. The molecule has 0 atom stereocenters. The molecular formula is C16H16N4O4. The van der Waals surface area contributed by atoms with E-state index in [1.165, 1.54) is 24.4 Å². The molecule has 1 N–H and O–H groups in total. The summed E-state index contributed by atoms with van der Waals surface area (Å²) < 4.78 is 10.5. The van der Waals surface area contributed by atoms with E-state index in [1.54, 1.807) is 25.3 Å². The molecule has 1 aromatic carbocycles. The van der Waals surface area contributed by atoms with Crippen molar-refractivity contribution < 1.29 is 19.1 Å². The number of ether oxygens (including phenoxy) is 2. The van der Waals surface area contributed by atoms with Crippen LogP contribution in [-0.4, -0.2) is 47.4 Å². The number of carbonyl (C=O) groups is 2. The van der Waals surface area contributed by atoms with Crippen LogP contribution in [0.3, 0.4) is 0 Å². The summed E-state index contributed by atoms with van der Waals surface area (Å²) in [5, 5.41) is 2.59. The number of hydrogen-bond donors (Lipinski definition) is 1. The molecular weight excluding hydrogens is 312 g/mol. The predicted octanol–water partition coefficient (Wildman–Crippen LogP) is 1.09. The van der Waals surface area contributed by atoms with Crippen LogP contribution >= 0.6 is 0 Å². The van der Waals surface area contributed by atoms with Crippen LogP contribution in [0.2, 0.25) is 0 Å². The fourth-order valence-electron chi connectivity index (χ4n) is 2.47. The maximum Gasteiger partial charge on any atom is 0.277 e. The van der Waals surface area contributed by atoms with Gasteiger partial charge in [-0.2, -0.15) is 0 Å². The Kier molecular flexibility index (Phi) is 4.28. The molecule has 0 fully saturated rings. The second-order valence-electron chi connectivity index (χ2n) is 5.14. The number of benzene rings is 1. The number of methoxy groups -OCH3 is 2. The number of aromatic nitrogens is 2. The number of hydrogen-bond acceptors (Lipinski definition) is 6. The van der Waals surface area contributed by atoms with E-state index in [2.05, 4.69) is 15.3 Å². The minimum Gasteiger partial charge on any atom is -0.497 e. The zero-order valence-corrected chi connectivity index (χ0v) is 13.3. The number of carbonyl (C=O) groups excluding carboxylic acids is 2. The molecule has 0 saturated heterocycles. The molecule has 124 valence electrons. The number of nitrogens with zero attached hydrogens (tertiary/aromatic N) is 3. The summed E-state index contributed by atoms with van der Waals surface area (Å²) in [6.45, 7) is 0.113. The Bertz CT molecular complexity index is 793. The lowest BCUT2D eigenvalue weighted by Crippen LogP contribution is -2.34. The van der Waals surface area contributed by atoms with Crippen molar-refractivity contribution in [2.24, 2.45) is 0 Å². The van der Waals surface area contributed by atoms with E-state index < -0.39 is 0 Å². The number of anilines is 1. The maximum atomic E-state index is 12.7. The van der Waals surface area contributed by atoms with Crippen molar-refractivity contribution in [3.05, 3.63) is 41.9 Å². The molecule has 0 unspecified atom stereocenters. The van der Waals surface area contributed by atoms with Gasteiger partial charge in [-0.3, -0.25) is 9.59 Å². The standard InChI is InChI=1S/C16H16N4O4/c1-23-11-4-3-10(12(7-11)24-2)8-20-9-13(21)19-15-14(16(20)22)17-5-6-18-15/h3-7H,8-9H2,1-2H3,(H,18,19,21). The summed E-state index contributed by atoms with van der Waals surface area (Å²) in [6, 6.07) is 5.30. The summed E-state index contributed by atoms with van der Waals surface area (Å²) in [5.74, 6) is 0.707. The molecule has 0 radical (unpaired) electrons. The third kappa shape index (κ3) is 2.98. The van der Waals surface area contributed by atoms with Gasteiger partial charge in [0.05, 0.1) is 20.8 Å². The fourth-order valence-corrected chi connectivity index (χ4v) is 2.47. The van der Waals surface area contributed by atoms with Crippen LogP contribution in [0.25, 0.3) is 0 Å². The molecule has 0 spiro atoms. The van der Waals surface area contributed by atoms with Crippen molar-refractivity contribution in [2.45, 2.75) is 6.54 Å². The van der Waals surface area contributed by atoms with Gasteiger partial charge in [0, 0.05) is 24.0 Å². The van der Waals surface area contributed by atoms with Crippen molar-refractivity contribution in [1.82, 2.24) is 14.9 Å². The molecule has 24 heavy (non-hydrogen) atoms. The van der Waals surface area contributed by atoms with Crippen LogP contribution in [0.1, 0.15) is 16.1 Å².